The highest BCUT2D eigenvalue weighted by atomic mass is 28.3. The predicted octanol–water partition coefficient (Wildman–Crippen LogP) is 4.77. The van der Waals surface area contributed by atoms with Crippen LogP contribution in [0.2, 0.25) is 18.1 Å². The minimum absolute atomic E-state index is 0.208. The van der Waals surface area contributed by atoms with Crippen molar-refractivity contribution in [2.45, 2.75) is 38.9 Å². The standard InChI is InChI=1S/C18H24OSi/c1-18(2,3)20(4,5)17-13-15(11-12-16(17)19)14-9-7-6-8-10-14/h6-13,19H,1-5H3. The van der Waals surface area contributed by atoms with Crippen molar-refractivity contribution in [3.63, 3.8) is 0 Å². The van der Waals surface area contributed by atoms with Gasteiger partial charge in [-0.1, -0.05) is 76.3 Å². The number of phenolic OH excluding ortho intramolecular Hbond substituents is 1. The molecule has 1 N–H and O–H groups in total. The van der Waals surface area contributed by atoms with E-state index in [9.17, 15) is 5.11 Å². The maximum Gasteiger partial charge on any atom is 0.114 e. The van der Waals surface area contributed by atoms with Crippen molar-refractivity contribution in [2.75, 3.05) is 0 Å². The molecule has 0 amide bonds. The summed E-state index contributed by atoms with van der Waals surface area (Å²) in [5.41, 5.74) is 2.38. The molecule has 0 unspecified atom stereocenters. The fourth-order valence-electron chi connectivity index (χ4n) is 2.25. The average Bonchev–Trinajstić information content (AvgIpc) is 2.38. The van der Waals surface area contributed by atoms with Crippen molar-refractivity contribution in [3.8, 4) is 16.9 Å². The number of hydrogen-bond acceptors (Lipinski definition) is 1. The number of phenols is 1. The summed E-state index contributed by atoms with van der Waals surface area (Å²) in [5.74, 6) is 0.441. The van der Waals surface area contributed by atoms with Gasteiger partial charge in [0.1, 0.15) is 5.75 Å². The van der Waals surface area contributed by atoms with Crippen LogP contribution in [0.5, 0.6) is 5.75 Å². The van der Waals surface area contributed by atoms with Gasteiger partial charge in [0.2, 0.25) is 0 Å². The fourth-order valence-corrected chi connectivity index (χ4v) is 4.30. The normalized spacial score (nSPS) is 12.4. The Morgan fingerprint density at radius 1 is 0.850 bits per heavy atom. The lowest BCUT2D eigenvalue weighted by molar-refractivity contribution is 0.478. The van der Waals surface area contributed by atoms with Gasteiger partial charge in [-0.25, -0.2) is 0 Å². The van der Waals surface area contributed by atoms with Crippen LogP contribution in [0.15, 0.2) is 48.5 Å². The average molecular weight is 284 g/mol. The Balaban J connectivity index is 2.56. The molecule has 2 heteroatoms. The van der Waals surface area contributed by atoms with Gasteiger partial charge >= 0.3 is 0 Å². The van der Waals surface area contributed by atoms with Gasteiger partial charge in [-0.15, -0.1) is 0 Å². The van der Waals surface area contributed by atoms with E-state index in [1.54, 1.807) is 0 Å². The van der Waals surface area contributed by atoms with Gasteiger partial charge in [0.05, 0.1) is 8.07 Å². The molecule has 0 radical (unpaired) electrons. The molecule has 106 valence electrons. The van der Waals surface area contributed by atoms with E-state index in [2.05, 4.69) is 52.1 Å². The monoisotopic (exact) mass is 284 g/mol. The minimum Gasteiger partial charge on any atom is -0.508 e. The van der Waals surface area contributed by atoms with E-state index in [0.29, 0.717) is 5.75 Å². The van der Waals surface area contributed by atoms with Crippen LogP contribution in [0.3, 0.4) is 0 Å². The Bertz CT molecular complexity index is 595. The Labute approximate surface area is 123 Å². The molecule has 2 rings (SSSR count). The maximum atomic E-state index is 10.3. The first-order valence-electron chi connectivity index (χ1n) is 7.12. The van der Waals surface area contributed by atoms with Gasteiger partial charge in [-0.3, -0.25) is 0 Å². The summed E-state index contributed by atoms with van der Waals surface area (Å²) in [6.07, 6.45) is 0. The number of rotatable bonds is 2. The minimum atomic E-state index is -1.74. The Morgan fingerprint density at radius 3 is 2.00 bits per heavy atom. The second-order valence-electron chi connectivity index (χ2n) is 6.97. The van der Waals surface area contributed by atoms with Gasteiger partial charge in [-0.05, 0) is 27.4 Å². The third-order valence-corrected chi connectivity index (χ3v) is 10.1. The molecule has 0 spiro atoms. The Kier molecular flexibility index (Phi) is 3.79. The van der Waals surface area contributed by atoms with Crippen LogP contribution in [0.4, 0.5) is 0 Å². The Hall–Kier alpha value is -1.54. The van der Waals surface area contributed by atoms with Gasteiger partial charge in [0, 0.05) is 0 Å². The molecule has 0 saturated carbocycles. The number of hydrogen-bond donors (Lipinski definition) is 1. The first kappa shape index (κ1) is 14.9. The fraction of sp³-hybridized carbons (Fsp3) is 0.333. The summed E-state index contributed by atoms with van der Waals surface area (Å²) in [6.45, 7) is 11.5. The third-order valence-electron chi connectivity index (χ3n) is 4.65. The quantitative estimate of drug-likeness (QED) is 0.787. The first-order valence-corrected chi connectivity index (χ1v) is 10.1. The lowest BCUT2D eigenvalue weighted by Gasteiger charge is -2.37. The van der Waals surface area contributed by atoms with Crippen molar-refractivity contribution in [3.05, 3.63) is 48.5 Å². The number of aromatic hydroxyl groups is 1. The zero-order valence-corrected chi connectivity index (χ0v) is 14.1. The largest absolute Gasteiger partial charge is 0.508 e. The van der Waals surface area contributed by atoms with Gasteiger partial charge in [0.15, 0.2) is 0 Å². The molecule has 2 aromatic carbocycles. The molecule has 0 saturated heterocycles. The van der Waals surface area contributed by atoms with Crippen LogP contribution in [-0.4, -0.2) is 13.2 Å². The van der Waals surface area contributed by atoms with Gasteiger partial charge < -0.3 is 5.11 Å². The lowest BCUT2D eigenvalue weighted by atomic mass is 10.1. The highest BCUT2D eigenvalue weighted by Crippen LogP contribution is 2.37. The molecule has 1 nitrogen and oxygen atoms in total. The van der Waals surface area contributed by atoms with Crippen molar-refractivity contribution in [2.24, 2.45) is 0 Å². The summed E-state index contributed by atoms with van der Waals surface area (Å²) in [5, 5.41) is 11.7. The van der Waals surface area contributed by atoms with Crippen LogP contribution >= 0.6 is 0 Å². The highest BCUT2D eigenvalue weighted by Gasteiger charge is 2.38. The third kappa shape index (κ3) is 2.66. The first-order chi connectivity index (χ1) is 9.23. The van der Waals surface area contributed by atoms with E-state index >= 15 is 0 Å². The molecule has 0 aromatic heterocycles. The van der Waals surface area contributed by atoms with E-state index in [1.807, 2.05) is 30.3 Å². The summed E-state index contributed by atoms with van der Waals surface area (Å²) >= 11 is 0. The molecule has 0 fully saturated rings. The van der Waals surface area contributed by atoms with E-state index < -0.39 is 8.07 Å². The van der Waals surface area contributed by atoms with Crippen LogP contribution in [0, 0.1) is 0 Å². The van der Waals surface area contributed by atoms with Crippen molar-refractivity contribution >= 4 is 13.3 Å². The van der Waals surface area contributed by atoms with Crippen LogP contribution in [0.1, 0.15) is 20.8 Å². The molecule has 2 aromatic rings. The number of benzene rings is 2. The van der Waals surface area contributed by atoms with E-state index in [4.69, 9.17) is 0 Å². The van der Waals surface area contributed by atoms with Crippen molar-refractivity contribution in [1.82, 2.24) is 0 Å². The van der Waals surface area contributed by atoms with Crippen molar-refractivity contribution in [1.29, 1.82) is 0 Å². The molecule has 0 bridgehead atoms. The van der Waals surface area contributed by atoms with E-state index in [1.165, 1.54) is 11.1 Å². The molecule has 0 heterocycles. The van der Waals surface area contributed by atoms with E-state index in [-0.39, 0.29) is 5.04 Å². The molecule has 0 aliphatic heterocycles. The topological polar surface area (TPSA) is 20.2 Å². The second kappa shape index (κ2) is 5.10. The van der Waals surface area contributed by atoms with Crippen LogP contribution in [0.25, 0.3) is 11.1 Å². The molecule has 0 aliphatic carbocycles. The maximum absolute atomic E-state index is 10.3. The van der Waals surface area contributed by atoms with Gasteiger partial charge in [-0.2, -0.15) is 0 Å². The molecule has 0 aliphatic rings. The second-order valence-corrected chi connectivity index (χ2v) is 12.3. The highest BCUT2D eigenvalue weighted by molar-refractivity contribution is 6.92. The van der Waals surface area contributed by atoms with Crippen LogP contribution in [-0.2, 0) is 0 Å². The van der Waals surface area contributed by atoms with Crippen LogP contribution < -0.4 is 5.19 Å². The molecule has 20 heavy (non-hydrogen) atoms. The summed E-state index contributed by atoms with van der Waals surface area (Å²) in [4.78, 5) is 0. The predicted molar refractivity (Wildman–Crippen MR) is 90.4 cm³/mol. The SMILES string of the molecule is CC(C)(C)[Si](C)(C)c1cc(-c2ccccc2)ccc1O. The summed E-state index contributed by atoms with van der Waals surface area (Å²) in [6, 6.07) is 16.4. The molecular formula is C18H24OSi. The van der Waals surface area contributed by atoms with Crippen molar-refractivity contribution < 1.29 is 5.11 Å². The molecule has 0 atom stereocenters. The lowest BCUT2D eigenvalue weighted by Crippen LogP contribution is -2.49. The smallest absolute Gasteiger partial charge is 0.114 e. The van der Waals surface area contributed by atoms with Gasteiger partial charge in [0.25, 0.3) is 0 Å². The molecular weight excluding hydrogens is 260 g/mol. The van der Waals surface area contributed by atoms with E-state index in [0.717, 1.165) is 5.19 Å². The summed E-state index contributed by atoms with van der Waals surface area (Å²) in [7, 11) is -1.74. The Morgan fingerprint density at radius 2 is 1.45 bits per heavy atom. The summed E-state index contributed by atoms with van der Waals surface area (Å²) < 4.78 is 0. The zero-order valence-electron chi connectivity index (χ0n) is 13.1. The zero-order chi connectivity index (χ0) is 15.0.